The van der Waals surface area contributed by atoms with E-state index >= 15 is 0 Å². The average molecular weight is 1650 g/mol. The SMILES string of the molecule is Cc1ccccc1-[n+]1c(-c2c(C)cccc2C)oc(-c2ccccc2)c1C.Cc1ccccc1-[n+]1c(-c2c(C)cccc2C)oc(C)c1C.Cc1ccccc1-[n+]1c(-c2c(C)cccc2C)oc(C)c1C.Cc1ccccc1-[n+]1c(-c2c(C)cccc2C)oc(C2CCCC2)c1C.Cc1ccccc1-[n+]1c(-c2c(C)cccc2C)oc(C2CCCCC2)c1C. The number of para-hydroxylation sites is 5. The summed E-state index contributed by atoms with van der Waals surface area (Å²) < 4.78 is 43.7. The fourth-order valence-electron chi connectivity index (χ4n) is 18.9. The molecule has 5 heterocycles. The van der Waals surface area contributed by atoms with Crippen molar-refractivity contribution in [2.75, 3.05) is 0 Å². The topological polar surface area (TPSA) is 85.1 Å². The highest BCUT2D eigenvalue weighted by atomic mass is 16.4. The van der Waals surface area contributed by atoms with Crippen molar-refractivity contribution in [3.8, 4) is 97.0 Å². The van der Waals surface area contributed by atoms with Crippen LogP contribution in [0.25, 0.3) is 97.0 Å². The number of aromatic nitrogens is 5. The minimum absolute atomic E-state index is 0.548. The molecular formula is C114H126N5O5+5. The van der Waals surface area contributed by atoms with Crippen LogP contribution in [-0.4, -0.2) is 0 Å². The molecule has 0 bridgehead atoms. The Morgan fingerprint density at radius 1 is 0.194 bits per heavy atom. The van der Waals surface area contributed by atoms with E-state index in [-0.39, 0.29) is 0 Å². The van der Waals surface area contributed by atoms with Gasteiger partial charge in [-0.1, -0.05) is 244 Å². The molecule has 10 heteroatoms. The number of hydrogen-bond acceptors (Lipinski definition) is 5. The van der Waals surface area contributed by atoms with Gasteiger partial charge in [0.2, 0.25) is 62.7 Å². The van der Waals surface area contributed by atoms with Crippen LogP contribution in [0.15, 0.2) is 265 Å². The molecular weight excluding hydrogens is 1520 g/mol. The molecule has 0 aliphatic heterocycles. The number of rotatable bonds is 13. The van der Waals surface area contributed by atoms with Crippen molar-refractivity contribution in [1.82, 2.24) is 0 Å². The van der Waals surface area contributed by atoms with E-state index < -0.39 is 0 Å². The van der Waals surface area contributed by atoms with Gasteiger partial charge in [-0.15, -0.1) is 22.8 Å². The summed E-state index contributed by atoms with van der Waals surface area (Å²) in [7, 11) is 0. The van der Waals surface area contributed by atoms with Gasteiger partial charge in [-0.05, 0) is 185 Å². The van der Waals surface area contributed by atoms with Gasteiger partial charge in [-0.3, -0.25) is 0 Å². The van der Waals surface area contributed by atoms with Crippen LogP contribution in [0.3, 0.4) is 0 Å². The minimum atomic E-state index is 0.548. The summed E-state index contributed by atoms with van der Waals surface area (Å²) >= 11 is 0. The van der Waals surface area contributed by atoms with Crippen molar-refractivity contribution >= 4 is 0 Å². The van der Waals surface area contributed by atoms with Gasteiger partial charge in [0.05, 0.1) is 27.8 Å². The van der Waals surface area contributed by atoms with Crippen molar-refractivity contribution in [3.05, 3.63) is 378 Å². The van der Waals surface area contributed by atoms with Crippen molar-refractivity contribution < 1.29 is 44.9 Å². The predicted molar refractivity (Wildman–Crippen MR) is 505 cm³/mol. The first kappa shape index (κ1) is 87.8. The van der Waals surface area contributed by atoms with Crippen LogP contribution < -0.4 is 22.8 Å². The molecule has 10 nitrogen and oxygen atoms in total. The summed E-state index contributed by atoms with van der Waals surface area (Å²) in [5.41, 5.74) is 37.6. The highest BCUT2D eigenvalue weighted by Crippen LogP contribution is 2.42. The first-order valence-corrected chi connectivity index (χ1v) is 44.6. The van der Waals surface area contributed by atoms with E-state index in [9.17, 15) is 0 Å². The fraction of sp³-hybridized carbons (Fsp3) is 0.289. The number of oxazole rings is 5. The van der Waals surface area contributed by atoms with Crippen LogP contribution in [0.2, 0.25) is 0 Å². The molecule has 2 aliphatic carbocycles. The average Bonchev–Trinajstić information content (AvgIpc) is 1.56. The van der Waals surface area contributed by atoms with Crippen molar-refractivity contribution in [2.24, 2.45) is 0 Å². The number of nitrogens with zero attached hydrogens (tertiary/aromatic N) is 5. The van der Waals surface area contributed by atoms with Crippen LogP contribution in [0.1, 0.15) is 205 Å². The van der Waals surface area contributed by atoms with Gasteiger partial charge in [-0.25, -0.2) is 0 Å². The molecule has 2 aliphatic rings. The smallest absolute Gasteiger partial charge is 0.387 e. The number of aryl methyl sites for hydroxylation is 17. The molecule has 16 aromatic rings. The van der Waals surface area contributed by atoms with Crippen LogP contribution >= 0.6 is 0 Å². The Labute approximate surface area is 736 Å². The lowest BCUT2D eigenvalue weighted by molar-refractivity contribution is -0.594. The molecule has 632 valence electrons. The van der Waals surface area contributed by atoms with Crippen LogP contribution in [0.4, 0.5) is 0 Å². The summed E-state index contributed by atoms with van der Waals surface area (Å²) in [6, 6.07) is 85.0. The Hall–Kier alpha value is -12.5. The predicted octanol–water partition coefficient (Wildman–Crippen LogP) is 28.3. The van der Waals surface area contributed by atoms with Gasteiger partial charge in [0, 0.05) is 124 Å². The Balaban J connectivity index is 0.000000127. The van der Waals surface area contributed by atoms with E-state index in [0.717, 1.165) is 80.6 Å². The molecule has 18 rings (SSSR count). The second-order valence-electron chi connectivity index (χ2n) is 34.8. The highest BCUT2D eigenvalue weighted by Gasteiger charge is 2.40. The largest absolute Gasteiger partial charge is 0.402 e. The normalized spacial score (nSPS) is 12.7. The summed E-state index contributed by atoms with van der Waals surface area (Å²) in [5.74, 6) is 11.0. The Kier molecular flexibility index (Phi) is 27.3. The van der Waals surface area contributed by atoms with E-state index in [4.69, 9.17) is 22.1 Å². The molecule has 0 unspecified atom stereocenters. The molecule has 0 atom stereocenters. The van der Waals surface area contributed by atoms with Crippen molar-refractivity contribution in [1.29, 1.82) is 0 Å². The number of benzene rings is 11. The minimum Gasteiger partial charge on any atom is -0.402 e. The first-order chi connectivity index (χ1) is 59.7. The molecule has 0 radical (unpaired) electrons. The van der Waals surface area contributed by atoms with E-state index in [1.54, 1.807) is 0 Å². The number of hydrogen-bond donors (Lipinski definition) is 0. The van der Waals surface area contributed by atoms with Gasteiger partial charge in [-0.2, -0.15) is 0 Å². The van der Waals surface area contributed by atoms with Crippen LogP contribution in [0.5, 0.6) is 0 Å². The third-order valence-corrected chi connectivity index (χ3v) is 25.9. The van der Waals surface area contributed by atoms with Gasteiger partial charge >= 0.3 is 29.5 Å². The molecule has 5 aromatic heterocycles. The van der Waals surface area contributed by atoms with E-state index in [0.29, 0.717) is 11.8 Å². The quantitative estimate of drug-likeness (QED) is 0.107. The Bertz CT molecular complexity index is 6270. The standard InChI is InChI=1S/C25H30NO.C25H24NO.C24H28NO.2C20H22NO/c2*1-17-11-8-9-16-22(17)26-20(4)24(21-14-6-5-7-15-21)27-25(26)23-18(2)12-10-13-19(23)3;1-16-10-5-8-15-21(16)25-19(4)23(20-13-6-7-14-20)26-24(25)22-17(2)11-9-12-18(22)3;2*1-13-9-6-7-12-18(13)21-16(4)17(5)22-20(21)19-14(2)10-8-11-15(19)3/h8-13,16,21H,5-7,14-15H2,1-4H3;5-16H,1-4H3;5,8-12,15,20H,6-7,13-14H2,1-4H3;2*6-12H,1-5H3/q5*+1. The first-order valence-electron chi connectivity index (χ1n) is 44.6. The van der Waals surface area contributed by atoms with Gasteiger partial charge in [0.1, 0.15) is 0 Å². The molecule has 0 saturated heterocycles. The lowest BCUT2D eigenvalue weighted by atomic mass is 9.87. The maximum Gasteiger partial charge on any atom is 0.387 e. The van der Waals surface area contributed by atoms with Crippen LogP contribution in [-0.2, 0) is 0 Å². The molecule has 2 saturated carbocycles. The fourth-order valence-corrected chi connectivity index (χ4v) is 18.9. The molecule has 0 N–H and O–H groups in total. The molecule has 0 amide bonds. The van der Waals surface area contributed by atoms with Crippen molar-refractivity contribution in [3.63, 3.8) is 0 Å². The van der Waals surface area contributed by atoms with Gasteiger partial charge in [0.25, 0.3) is 0 Å². The van der Waals surface area contributed by atoms with E-state index in [2.05, 4.69) is 386 Å². The summed E-state index contributed by atoms with van der Waals surface area (Å²) in [5, 5.41) is 0. The summed E-state index contributed by atoms with van der Waals surface area (Å²) in [4.78, 5) is 0. The second-order valence-corrected chi connectivity index (χ2v) is 34.8. The molecule has 2 fully saturated rings. The Morgan fingerprint density at radius 2 is 0.403 bits per heavy atom. The maximum atomic E-state index is 6.71. The zero-order valence-corrected chi connectivity index (χ0v) is 77.4. The van der Waals surface area contributed by atoms with Crippen LogP contribution in [0, 0.1) is 152 Å². The zero-order valence-electron chi connectivity index (χ0n) is 77.4. The van der Waals surface area contributed by atoms with Crippen molar-refractivity contribution in [2.45, 2.75) is 222 Å². The second kappa shape index (κ2) is 38.5. The monoisotopic (exact) mass is 1640 g/mol. The van der Waals surface area contributed by atoms with Gasteiger partial charge in [0.15, 0.2) is 23.0 Å². The Morgan fingerprint density at radius 3 is 0.669 bits per heavy atom. The lowest BCUT2D eigenvalue weighted by Gasteiger charge is -2.18. The maximum absolute atomic E-state index is 6.71. The summed E-state index contributed by atoms with van der Waals surface area (Å²) in [6.45, 7) is 47.2. The third kappa shape index (κ3) is 18.0. The zero-order chi connectivity index (χ0) is 87.9. The van der Waals surface area contributed by atoms with E-state index in [1.165, 1.54) is 209 Å². The molecule has 0 spiro atoms. The summed E-state index contributed by atoms with van der Waals surface area (Å²) in [6.07, 6.45) is 11.6. The lowest BCUT2D eigenvalue weighted by Crippen LogP contribution is -2.35. The van der Waals surface area contributed by atoms with E-state index in [1.807, 2.05) is 32.0 Å². The molecule has 11 aromatic carbocycles. The molecule has 124 heavy (non-hydrogen) atoms. The third-order valence-electron chi connectivity index (χ3n) is 25.9. The highest BCUT2D eigenvalue weighted by molar-refractivity contribution is 5.68. The van der Waals surface area contributed by atoms with Gasteiger partial charge < -0.3 is 22.1 Å².